The summed E-state index contributed by atoms with van der Waals surface area (Å²) in [6.45, 7) is 5.35. The van der Waals surface area contributed by atoms with E-state index in [4.69, 9.17) is 0 Å². The Hall–Kier alpha value is -1.07. The van der Waals surface area contributed by atoms with E-state index in [1.807, 2.05) is 0 Å². The highest BCUT2D eigenvalue weighted by Crippen LogP contribution is 2.28. The molecule has 0 aromatic heterocycles. The van der Waals surface area contributed by atoms with Gasteiger partial charge in [-0.05, 0) is 36.5 Å². The van der Waals surface area contributed by atoms with Crippen molar-refractivity contribution in [3.63, 3.8) is 0 Å². The van der Waals surface area contributed by atoms with Gasteiger partial charge in [0.2, 0.25) is 10.0 Å². The van der Waals surface area contributed by atoms with Gasteiger partial charge in [0, 0.05) is 13.1 Å². The normalized spacial score (nSPS) is 26.1. The summed E-state index contributed by atoms with van der Waals surface area (Å²) in [5.41, 5.74) is 0. The number of sulfonamides is 1. The van der Waals surface area contributed by atoms with Crippen LogP contribution < -0.4 is 0 Å². The maximum Gasteiger partial charge on any atom is 0.243 e. The van der Waals surface area contributed by atoms with Gasteiger partial charge in [-0.2, -0.15) is 4.31 Å². The van der Waals surface area contributed by atoms with Crippen molar-refractivity contribution in [2.75, 3.05) is 13.1 Å². The Morgan fingerprint density at radius 1 is 1.28 bits per heavy atom. The average molecular weight is 269 g/mol. The molecule has 1 aliphatic heterocycles. The van der Waals surface area contributed by atoms with Gasteiger partial charge in [-0.25, -0.2) is 8.42 Å². The minimum Gasteiger partial charge on any atom is -0.508 e. The van der Waals surface area contributed by atoms with Gasteiger partial charge in [0.25, 0.3) is 0 Å². The molecule has 18 heavy (non-hydrogen) atoms. The summed E-state index contributed by atoms with van der Waals surface area (Å²) in [6.07, 6.45) is 0.888. The van der Waals surface area contributed by atoms with E-state index < -0.39 is 10.0 Å². The van der Waals surface area contributed by atoms with Crippen LogP contribution >= 0.6 is 0 Å². The predicted octanol–water partition coefficient (Wildman–Crippen LogP) is 2.06. The number of piperidine rings is 1. The summed E-state index contributed by atoms with van der Waals surface area (Å²) in [6, 6.07) is 5.86. The van der Waals surface area contributed by atoms with Gasteiger partial charge >= 0.3 is 0 Å². The molecule has 0 spiro atoms. The second-order valence-electron chi connectivity index (χ2n) is 5.10. The van der Waals surface area contributed by atoms with Crippen LogP contribution in [0, 0.1) is 11.8 Å². The third-order valence-corrected chi connectivity index (χ3v) is 5.61. The lowest BCUT2D eigenvalue weighted by Gasteiger charge is -2.34. The maximum absolute atomic E-state index is 12.4. The van der Waals surface area contributed by atoms with Crippen molar-refractivity contribution in [3.8, 4) is 5.75 Å². The second-order valence-corrected chi connectivity index (χ2v) is 7.04. The number of rotatable bonds is 2. The summed E-state index contributed by atoms with van der Waals surface area (Å²) in [7, 11) is -3.47. The predicted molar refractivity (Wildman–Crippen MR) is 69.8 cm³/mol. The van der Waals surface area contributed by atoms with Gasteiger partial charge in [-0.15, -0.1) is 0 Å². The molecule has 1 aromatic rings. The molecule has 1 heterocycles. The molecule has 0 aliphatic carbocycles. The van der Waals surface area contributed by atoms with Crippen LogP contribution in [0.25, 0.3) is 0 Å². The lowest BCUT2D eigenvalue weighted by Crippen LogP contribution is -2.42. The lowest BCUT2D eigenvalue weighted by atomic mass is 9.90. The van der Waals surface area contributed by atoms with Crippen molar-refractivity contribution < 1.29 is 13.5 Å². The van der Waals surface area contributed by atoms with E-state index in [1.165, 1.54) is 22.5 Å². The van der Waals surface area contributed by atoms with E-state index in [2.05, 4.69) is 13.8 Å². The van der Waals surface area contributed by atoms with E-state index in [1.54, 1.807) is 6.07 Å². The molecule has 0 saturated carbocycles. The van der Waals surface area contributed by atoms with Crippen LogP contribution in [-0.4, -0.2) is 30.9 Å². The fraction of sp³-hybridized carbons (Fsp3) is 0.538. The van der Waals surface area contributed by atoms with Gasteiger partial charge in [-0.3, -0.25) is 0 Å². The van der Waals surface area contributed by atoms with E-state index in [0.29, 0.717) is 24.9 Å². The minimum atomic E-state index is -3.47. The Labute approximate surface area is 108 Å². The van der Waals surface area contributed by atoms with Crippen molar-refractivity contribution in [2.45, 2.75) is 25.2 Å². The fourth-order valence-electron chi connectivity index (χ4n) is 2.24. The molecule has 1 fully saturated rings. The SMILES string of the molecule is CC1CCN(S(=O)(=O)c2cccc(O)c2)CC1C. The van der Waals surface area contributed by atoms with Gasteiger partial charge in [0.05, 0.1) is 4.90 Å². The number of phenols is 1. The third kappa shape index (κ3) is 2.52. The van der Waals surface area contributed by atoms with Crippen LogP contribution in [0.3, 0.4) is 0 Å². The van der Waals surface area contributed by atoms with Crippen molar-refractivity contribution in [2.24, 2.45) is 11.8 Å². The zero-order valence-electron chi connectivity index (χ0n) is 10.7. The van der Waals surface area contributed by atoms with Gasteiger partial charge in [0.1, 0.15) is 5.75 Å². The molecule has 4 nitrogen and oxygen atoms in total. The summed E-state index contributed by atoms with van der Waals surface area (Å²) in [5.74, 6) is 0.904. The smallest absolute Gasteiger partial charge is 0.243 e. The molecule has 0 amide bonds. The molecular formula is C13H19NO3S. The number of hydrogen-bond donors (Lipinski definition) is 1. The first-order chi connectivity index (χ1) is 8.41. The van der Waals surface area contributed by atoms with E-state index >= 15 is 0 Å². The molecule has 2 atom stereocenters. The summed E-state index contributed by atoms with van der Waals surface area (Å²) in [4.78, 5) is 0.171. The minimum absolute atomic E-state index is 0.0190. The van der Waals surface area contributed by atoms with Crippen molar-refractivity contribution in [3.05, 3.63) is 24.3 Å². The number of nitrogens with zero attached hydrogens (tertiary/aromatic N) is 1. The molecule has 5 heteroatoms. The molecule has 100 valence electrons. The number of hydrogen-bond acceptors (Lipinski definition) is 3. The van der Waals surface area contributed by atoms with E-state index in [-0.39, 0.29) is 10.6 Å². The van der Waals surface area contributed by atoms with Gasteiger partial charge in [-0.1, -0.05) is 19.9 Å². The molecule has 1 N–H and O–H groups in total. The Bertz CT molecular complexity index is 527. The van der Waals surface area contributed by atoms with E-state index in [9.17, 15) is 13.5 Å². The topological polar surface area (TPSA) is 57.6 Å². The Morgan fingerprint density at radius 3 is 2.61 bits per heavy atom. The molecule has 2 rings (SSSR count). The zero-order valence-corrected chi connectivity index (χ0v) is 11.5. The number of benzene rings is 1. The highest BCUT2D eigenvalue weighted by molar-refractivity contribution is 7.89. The van der Waals surface area contributed by atoms with Crippen LogP contribution in [-0.2, 0) is 10.0 Å². The van der Waals surface area contributed by atoms with Crippen molar-refractivity contribution >= 4 is 10.0 Å². The van der Waals surface area contributed by atoms with E-state index in [0.717, 1.165) is 6.42 Å². The van der Waals surface area contributed by atoms with Gasteiger partial charge < -0.3 is 5.11 Å². The summed E-state index contributed by atoms with van der Waals surface area (Å²) < 4.78 is 26.3. The molecule has 0 radical (unpaired) electrons. The first-order valence-electron chi connectivity index (χ1n) is 6.20. The summed E-state index contributed by atoms with van der Waals surface area (Å²) in [5, 5.41) is 9.39. The number of phenolic OH excluding ortho intramolecular Hbond substituents is 1. The molecular weight excluding hydrogens is 250 g/mol. The zero-order chi connectivity index (χ0) is 13.3. The van der Waals surface area contributed by atoms with Crippen LogP contribution in [0.5, 0.6) is 5.75 Å². The Kier molecular flexibility index (Phi) is 3.64. The highest BCUT2D eigenvalue weighted by Gasteiger charge is 2.31. The number of aromatic hydroxyl groups is 1. The monoisotopic (exact) mass is 269 g/mol. The van der Waals surface area contributed by atoms with Crippen molar-refractivity contribution in [1.29, 1.82) is 0 Å². The van der Waals surface area contributed by atoms with Crippen LogP contribution in [0.1, 0.15) is 20.3 Å². The quantitative estimate of drug-likeness (QED) is 0.894. The standard InChI is InChI=1S/C13H19NO3S/c1-10-6-7-14(9-11(10)2)18(16,17)13-5-3-4-12(15)8-13/h3-5,8,10-11,15H,6-7,9H2,1-2H3. The molecule has 1 aromatic carbocycles. The van der Waals surface area contributed by atoms with Gasteiger partial charge in [0.15, 0.2) is 0 Å². The summed E-state index contributed by atoms with van der Waals surface area (Å²) >= 11 is 0. The largest absolute Gasteiger partial charge is 0.508 e. The van der Waals surface area contributed by atoms with Crippen LogP contribution in [0.15, 0.2) is 29.2 Å². The van der Waals surface area contributed by atoms with Crippen LogP contribution in [0.4, 0.5) is 0 Å². The molecule has 2 unspecified atom stereocenters. The molecule has 1 aliphatic rings. The second kappa shape index (κ2) is 4.90. The Balaban J connectivity index is 2.27. The first-order valence-corrected chi connectivity index (χ1v) is 7.64. The van der Waals surface area contributed by atoms with Crippen LogP contribution in [0.2, 0.25) is 0 Å². The average Bonchev–Trinajstić information content (AvgIpc) is 2.32. The highest BCUT2D eigenvalue weighted by atomic mass is 32.2. The Morgan fingerprint density at radius 2 is 2.00 bits per heavy atom. The fourth-order valence-corrected chi connectivity index (χ4v) is 3.83. The first kappa shape index (κ1) is 13.4. The molecule has 0 bridgehead atoms. The van der Waals surface area contributed by atoms with Crippen molar-refractivity contribution in [1.82, 2.24) is 4.31 Å². The molecule has 1 saturated heterocycles. The third-order valence-electron chi connectivity index (χ3n) is 3.75. The maximum atomic E-state index is 12.4. The lowest BCUT2D eigenvalue weighted by molar-refractivity contribution is 0.212.